The summed E-state index contributed by atoms with van der Waals surface area (Å²) < 4.78 is 58.2. The smallest absolute Gasteiger partial charge is 0.250 e. The van der Waals surface area contributed by atoms with Crippen molar-refractivity contribution in [3.63, 3.8) is 0 Å². The van der Waals surface area contributed by atoms with Crippen LogP contribution in [-0.2, 0) is 19.7 Å². The number of benzene rings is 4. The average Bonchev–Trinajstić information content (AvgIpc) is 3.32. The Morgan fingerprint density at radius 3 is 1.75 bits per heavy atom. The van der Waals surface area contributed by atoms with Crippen LogP contribution in [0.4, 0.5) is 5.69 Å². The first-order valence-corrected chi connectivity index (χ1v) is 17.6. The SMILES string of the molecule is Cc1ccc(/C=c2\c(N)c(S(=O)(=O)c3ccccc3)n3c2=C(S(=O)(=O)c2ccccc2)S[C@@H](c2ccc(C)cc2)C3=O)cc1. The molecular weight excluding hydrogens is 613 g/mol. The highest BCUT2D eigenvalue weighted by atomic mass is 32.3. The number of nitrogens with zero attached hydrogens (tertiary/aromatic N) is 1. The summed E-state index contributed by atoms with van der Waals surface area (Å²) in [6.45, 7) is 3.83. The zero-order valence-electron chi connectivity index (χ0n) is 23.8. The molecule has 6 rings (SSSR count). The number of sulfone groups is 2. The quantitative estimate of drug-likeness (QED) is 0.277. The van der Waals surface area contributed by atoms with Gasteiger partial charge in [0.05, 0.1) is 20.8 Å². The maximum Gasteiger partial charge on any atom is 0.250 e. The second-order valence-corrected chi connectivity index (χ2v) is 15.7. The zero-order valence-corrected chi connectivity index (χ0v) is 26.3. The number of nitrogens with two attached hydrogens (primary N) is 1. The molecule has 0 unspecified atom stereocenters. The van der Waals surface area contributed by atoms with Gasteiger partial charge in [-0.2, -0.15) is 0 Å². The van der Waals surface area contributed by atoms with Crippen molar-refractivity contribution in [1.82, 2.24) is 4.57 Å². The number of thioether (sulfide) groups is 1. The van der Waals surface area contributed by atoms with Gasteiger partial charge in [0.25, 0.3) is 0 Å². The summed E-state index contributed by atoms with van der Waals surface area (Å²) in [5.41, 5.74) is 9.65. The molecule has 2 N–H and O–H groups in total. The van der Waals surface area contributed by atoms with Gasteiger partial charge in [-0.1, -0.05) is 108 Å². The highest BCUT2D eigenvalue weighted by molar-refractivity contribution is 8.26. The van der Waals surface area contributed by atoms with Crippen molar-refractivity contribution in [2.24, 2.45) is 0 Å². The van der Waals surface area contributed by atoms with E-state index in [-0.39, 0.29) is 30.3 Å². The van der Waals surface area contributed by atoms with Crippen molar-refractivity contribution in [2.45, 2.75) is 33.9 Å². The van der Waals surface area contributed by atoms with E-state index in [0.717, 1.165) is 27.5 Å². The third-order valence-electron chi connectivity index (χ3n) is 7.44. The number of carbonyl (C=O) groups excluding carboxylic acids is 1. The highest BCUT2D eigenvalue weighted by Gasteiger charge is 2.41. The lowest BCUT2D eigenvalue weighted by Gasteiger charge is -2.24. The van der Waals surface area contributed by atoms with Crippen LogP contribution in [0.3, 0.4) is 0 Å². The Labute approximate surface area is 260 Å². The predicted molar refractivity (Wildman–Crippen MR) is 174 cm³/mol. The van der Waals surface area contributed by atoms with Crippen LogP contribution in [0.2, 0.25) is 0 Å². The number of hydrogen-bond acceptors (Lipinski definition) is 7. The number of hydrogen-bond donors (Lipinski definition) is 1. The minimum atomic E-state index is -4.39. The van der Waals surface area contributed by atoms with Crippen LogP contribution in [0.1, 0.15) is 32.3 Å². The number of aryl methyl sites for hydroxylation is 2. The van der Waals surface area contributed by atoms with Gasteiger partial charge >= 0.3 is 0 Å². The van der Waals surface area contributed by atoms with Crippen LogP contribution < -0.4 is 16.3 Å². The van der Waals surface area contributed by atoms with Crippen LogP contribution in [-0.4, -0.2) is 27.3 Å². The Morgan fingerprint density at radius 1 is 0.705 bits per heavy atom. The maximum absolute atomic E-state index is 14.5. The topological polar surface area (TPSA) is 116 Å². The second-order valence-electron chi connectivity index (χ2n) is 10.5. The largest absolute Gasteiger partial charge is 0.396 e. The molecule has 0 saturated heterocycles. The summed E-state index contributed by atoms with van der Waals surface area (Å²) in [4.78, 5) is 14.4. The maximum atomic E-state index is 14.5. The normalized spacial score (nSPS) is 15.8. The summed E-state index contributed by atoms with van der Waals surface area (Å²) in [5, 5.41) is -1.44. The summed E-state index contributed by atoms with van der Waals surface area (Å²) >= 11 is 0.887. The number of rotatable bonds is 6. The van der Waals surface area contributed by atoms with Gasteiger partial charge in [0.1, 0.15) is 9.49 Å². The molecule has 0 amide bonds. The summed E-state index contributed by atoms with van der Waals surface area (Å²) in [6, 6.07) is 30.1. The van der Waals surface area contributed by atoms with Crippen molar-refractivity contribution < 1.29 is 21.6 Å². The molecule has 2 heterocycles. The van der Waals surface area contributed by atoms with E-state index in [2.05, 4.69) is 0 Å². The molecule has 0 spiro atoms. The van der Waals surface area contributed by atoms with Gasteiger partial charge in [0, 0.05) is 5.22 Å². The molecule has 0 fully saturated rings. The number of nitrogen functional groups attached to an aromatic ring is 1. The van der Waals surface area contributed by atoms with Crippen LogP contribution in [0.5, 0.6) is 0 Å². The molecular formula is C34H28N2O5S3. The Morgan fingerprint density at radius 2 is 1.20 bits per heavy atom. The fourth-order valence-corrected chi connectivity index (χ4v) is 9.98. The molecule has 0 radical (unpaired) electrons. The molecule has 10 heteroatoms. The van der Waals surface area contributed by atoms with Gasteiger partial charge in [-0.3, -0.25) is 9.36 Å². The first-order valence-electron chi connectivity index (χ1n) is 13.7. The molecule has 1 aliphatic rings. The first kappa shape index (κ1) is 29.7. The van der Waals surface area contributed by atoms with Gasteiger partial charge in [-0.05, 0) is 55.3 Å². The molecule has 1 atom stereocenters. The van der Waals surface area contributed by atoms with E-state index < -0.39 is 35.9 Å². The Hall–Kier alpha value is -4.38. The fourth-order valence-electron chi connectivity index (χ4n) is 5.13. The van der Waals surface area contributed by atoms with E-state index in [9.17, 15) is 21.6 Å². The second kappa shape index (κ2) is 11.3. The van der Waals surface area contributed by atoms with E-state index >= 15 is 0 Å². The third-order valence-corrected chi connectivity index (χ3v) is 12.9. The van der Waals surface area contributed by atoms with E-state index in [1.807, 2.05) is 50.2 Å². The molecule has 5 aromatic rings. The molecule has 7 nitrogen and oxygen atoms in total. The highest BCUT2D eigenvalue weighted by Crippen LogP contribution is 2.44. The molecule has 0 aliphatic carbocycles. The van der Waals surface area contributed by atoms with E-state index in [0.29, 0.717) is 11.1 Å². The number of fused-ring (bicyclic) bond motifs is 1. The molecule has 1 aliphatic heterocycles. The lowest BCUT2D eigenvalue weighted by Crippen LogP contribution is -2.42. The Bertz CT molecular complexity index is 2240. The van der Waals surface area contributed by atoms with Crippen molar-refractivity contribution in [3.8, 4) is 0 Å². The third kappa shape index (κ3) is 5.08. The molecule has 222 valence electrons. The zero-order chi connectivity index (χ0) is 31.2. The van der Waals surface area contributed by atoms with Crippen LogP contribution in [0.25, 0.3) is 10.3 Å². The van der Waals surface area contributed by atoms with Gasteiger partial charge < -0.3 is 5.73 Å². The lowest BCUT2D eigenvalue weighted by atomic mass is 10.1. The van der Waals surface area contributed by atoms with Crippen LogP contribution >= 0.6 is 11.8 Å². The van der Waals surface area contributed by atoms with Crippen molar-refractivity contribution in [3.05, 3.63) is 142 Å². The van der Waals surface area contributed by atoms with Crippen LogP contribution in [0.15, 0.2) is 124 Å². The molecule has 0 bridgehead atoms. The molecule has 44 heavy (non-hydrogen) atoms. The average molecular weight is 641 g/mol. The van der Waals surface area contributed by atoms with Gasteiger partial charge in [-0.25, -0.2) is 16.8 Å². The summed E-state index contributed by atoms with van der Waals surface area (Å²) in [7, 11) is -8.64. The van der Waals surface area contributed by atoms with Crippen molar-refractivity contribution >= 4 is 53.3 Å². The van der Waals surface area contributed by atoms with Crippen molar-refractivity contribution in [2.75, 3.05) is 5.73 Å². The van der Waals surface area contributed by atoms with E-state index in [4.69, 9.17) is 5.73 Å². The number of aromatic nitrogens is 1. The van der Waals surface area contributed by atoms with E-state index in [1.165, 1.54) is 24.3 Å². The standard InChI is InChI=1S/C34H28N2O5S3/c1-22-13-17-24(18-14-22)21-28-29(35)33(43(38,39)26-9-5-3-6-10-26)36-30(28)34(44(40,41)27-11-7-4-8-12-27)42-31(32(36)37)25-19-15-23(2)16-20-25/h3-21,31H,35H2,1-2H3/b28-21+/t31-/m0/s1. The Balaban J connectivity index is 1.80. The fraction of sp³-hybridized carbons (Fsp3) is 0.0882. The van der Waals surface area contributed by atoms with Crippen LogP contribution in [0, 0.1) is 13.8 Å². The molecule has 0 saturated carbocycles. The molecule has 4 aromatic carbocycles. The Kier molecular flexibility index (Phi) is 7.61. The molecule has 1 aromatic heterocycles. The van der Waals surface area contributed by atoms with Gasteiger partial charge in [0.15, 0.2) is 5.03 Å². The predicted octanol–water partition coefficient (Wildman–Crippen LogP) is 5.02. The van der Waals surface area contributed by atoms with Gasteiger partial charge in [0.2, 0.25) is 25.6 Å². The van der Waals surface area contributed by atoms with E-state index in [1.54, 1.807) is 54.6 Å². The minimum absolute atomic E-state index is 0.0135. The number of anilines is 1. The summed E-state index contributed by atoms with van der Waals surface area (Å²) in [6.07, 6.45) is 1.63. The van der Waals surface area contributed by atoms with Gasteiger partial charge in [-0.15, -0.1) is 0 Å². The minimum Gasteiger partial charge on any atom is -0.396 e. The lowest BCUT2D eigenvalue weighted by molar-refractivity contribution is 0.0895. The van der Waals surface area contributed by atoms with Crippen molar-refractivity contribution in [1.29, 1.82) is 0 Å². The number of carbonyl (C=O) groups is 1. The first-order chi connectivity index (χ1) is 21.0. The summed E-state index contributed by atoms with van der Waals surface area (Å²) in [5.74, 6) is -0.606. The monoisotopic (exact) mass is 640 g/mol.